The monoisotopic (exact) mass is 801 g/mol. The highest BCUT2D eigenvalue weighted by molar-refractivity contribution is 5.98. The predicted molar refractivity (Wildman–Crippen MR) is 258 cm³/mol. The van der Waals surface area contributed by atoms with Crippen LogP contribution in [0.4, 0.5) is 0 Å². The molecule has 0 unspecified atom stereocenters. The highest BCUT2D eigenvalue weighted by Gasteiger charge is 2.30. The fraction of sp³-hybridized carbons (Fsp3) is 0.263. The SMILES string of the molecule is CC(C)c1cccc(-c2ccccc2)c1-n1c(-c2cc(C(C)(C)C)cc(C(C)(C)C)c2O)nc2c(-c3cc(-c4cc(-c5ccccc5)ccn4)cc(C(C)(C)C)c3)cccc21. The molecule has 0 amide bonds. The number of hydrogen-bond acceptors (Lipinski definition) is 3. The normalized spacial score (nSPS) is 12.4. The quantitative estimate of drug-likeness (QED) is 0.175. The summed E-state index contributed by atoms with van der Waals surface area (Å²) in [5.74, 6) is 1.19. The number of pyridine rings is 1. The molecule has 0 saturated carbocycles. The third-order valence-corrected chi connectivity index (χ3v) is 12.0. The van der Waals surface area contributed by atoms with Gasteiger partial charge in [-0.15, -0.1) is 0 Å². The maximum Gasteiger partial charge on any atom is 0.149 e. The lowest BCUT2D eigenvalue weighted by Gasteiger charge is -2.28. The van der Waals surface area contributed by atoms with Gasteiger partial charge in [-0.25, -0.2) is 4.98 Å². The Morgan fingerprint density at radius 2 is 1.11 bits per heavy atom. The van der Waals surface area contributed by atoms with Crippen molar-refractivity contribution < 1.29 is 5.11 Å². The summed E-state index contributed by atoms with van der Waals surface area (Å²) in [4.78, 5) is 10.6. The summed E-state index contributed by atoms with van der Waals surface area (Å²) in [6.07, 6.45) is 1.91. The number of aromatic nitrogens is 3. The van der Waals surface area contributed by atoms with Crippen LogP contribution in [0.15, 0.2) is 146 Å². The van der Waals surface area contributed by atoms with Crippen LogP contribution in [0.5, 0.6) is 5.75 Å². The lowest BCUT2D eigenvalue weighted by molar-refractivity contribution is 0.446. The van der Waals surface area contributed by atoms with E-state index in [-0.39, 0.29) is 27.9 Å². The Kier molecular flexibility index (Phi) is 10.6. The molecule has 0 fully saturated rings. The molecule has 308 valence electrons. The number of phenols is 1. The minimum Gasteiger partial charge on any atom is -0.507 e. The first-order valence-electron chi connectivity index (χ1n) is 21.7. The van der Waals surface area contributed by atoms with E-state index in [0.29, 0.717) is 5.82 Å². The van der Waals surface area contributed by atoms with Crippen molar-refractivity contribution in [3.05, 3.63) is 168 Å². The molecule has 0 radical (unpaired) electrons. The van der Waals surface area contributed by atoms with Crippen LogP contribution in [0.1, 0.15) is 104 Å². The Morgan fingerprint density at radius 1 is 0.508 bits per heavy atom. The molecule has 0 atom stereocenters. The van der Waals surface area contributed by atoms with Gasteiger partial charge in [0.15, 0.2) is 0 Å². The molecule has 8 aromatic rings. The molecule has 8 rings (SSSR count). The molecule has 61 heavy (non-hydrogen) atoms. The molecule has 1 N–H and O–H groups in total. The number of rotatable bonds is 7. The first-order chi connectivity index (χ1) is 28.9. The number of benzene rings is 6. The molecule has 0 saturated heterocycles. The summed E-state index contributed by atoms with van der Waals surface area (Å²) < 4.78 is 2.34. The number of para-hydroxylation sites is 2. The number of imidazole rings is 1. The summed E-state index contributed by atoms with van der Waals surface area (Å²) >= 11 is 0. The summed E-state index contributed by atoms with van der Waals surface area (Å²) in [7, 11) is 0. The van der Waals surface area contributed by atoms with Crippen molar-refractivity contribution in [3.63, 3.8) is 0 Å². The van der Waals surface area contributed by atoms with Gasteiger partial charge in [0.05, 0.1) is 28.0 Å². The van der Waals surface area contributed by atoms with E-state index in [2.05, 4.69) is 214 Å². The molecule has 0 aliphatic rings. The van der Waals surface area contributed by atoms with Crippen molar-refractivity contribution in [1.82, 2.24) is 14.5 Å². The van der Waals surface area contributed by atoms with Crippen LogP contribution in [-0.4, -0.2) is 19.6 Å². The van der Waals surface area contributed by atoms with Crippen LogP contribution in [0, 0.1) is 0 Å². The Hall–Kier alpha value is -6.26. The van der Waals surface area contributed by atoms with Crippen molar-refractivity contribution >= 4 is 11.0 Å². The van der Waals surface area contributed by atoms with E-state index in [1.165, 1.54) is 11.1 Å². The van der Waals surface area contributed by atoms with Crippen LogP contribution in [0.2, 0.25) is 0 Å². The summed E-state index contributed by atoms with van der Waals surface area (Å²) in [5.41, 5.74) is 16.1. The molecule has 0 aliphatic carbocycles. The van der Waals surface area contributed by atoms with Crippen molar-refractivity contribution in [2.75, 3.05) is 0 Å². The Labute approximate surface area is 363 Å². The third-order valence-electron chi connectivity index (χ3n) is 12.0. The third kappa shape index (κ3) is 8.04. The lowest BCUT2D eigenvalue weighted by Crippen LogP contribution is -2.17. The first-order valence-corrected chi connectivity index (χ1v) is 21.7. The molecule has 0 spiro atoms. The van der Waals surface area contributed by atoms with Crippen molar-refractivity contribution in [2.24, 2.45) is 0 Å². The zero-order valence-corrected chi connectivity index (χ0v) is 37.7. The molecular weight excluding hydrogens is 743 g/mol. The molecule has 6 aromatic carbocycles. The minimum absolute atomic E-state index is 0.135. The Morgan fingerprint density at radius 3 is 1.75 bits per heavy atom. The van der Waals surface area contributed by atoms with Gasteiger partial charge in [-0.3, -0.25) is 9.55 Å². The molecule has 0 bridgehead atoms. The number of phenolic OH excluding ortho intramolecular Hbond substituents is 1. The Balaban J connectivity index is 1.48. The maximum atomic E-state index is 12.5. The van der Waals surface area contributed by atoms with Gasteiger partial charge in [-0.2, -0.15) is 0 Å². The minimum atomic E-state index is -0.317. The van der Waals surface area contributed by atoms with Crippen LogP contribution < -0.4 is 0 Å². The van der Waals surface area contributed by atoms with Crippen molar-refractivity contribution in [1.29, 1.82) is 0 Å². The van der Waals surface area contributed by atoms with Gasteiger partial charge < -0.3 is 5.11 Å². The number of nitrogens with zero attached hydrogens (tertiary/aromatic N) is 3. The molecule has 4 nitrogen and oxygen atoms in total. The standard InChI is InChI=1S/C57H59N3O/c1-36(2)44-24-18-26-46(38-22-16-13-17-23-38)52(44)60-50-27-19-25-45(51(50)59-54(60)47-34-43(56(6,7)8)35-48(53(47)61)57(9,10)11)40-30-41(32-42(31-40)55(3,4)5)49-33-39(28-29-58-49)37-20-14-12-15-21-37/h12-36,61H,1-11H3. The summed E-state index contributed by atoms with van der Waals surface area (Å²) in [6.45, 7) is 24.5. The van der Waals surface area contributed by atoms with E-state index in [1.807, 2.05) is 12.3 Å². The molecule has 2 heterocycles. The van der Waals surface area contributed by atoms with Gasteiger partial charge in [0.1, 0.15) is 11.6 Å². The molecular formula is C57H59N3O. The van der Waals surface area contributed by atoms with Crippen LogP contribution in [-0.2, 0) is 16.2 Å². The highest BCUT2D eigenvalue weighted by Crippen LogP contribution is 2.47. The second-order valence-corrected chi connectivity index (χ2v) is 20.0. The van der Waals surface area contributed by atoms with Gasteiger partial charge in [-0.1, -0.05) is 179 Å². The first kappa shape index (κ1) is 41.5. The summed E-state index contributed by atoms with van der Waals surface area (Å²) in [6, 6.07) is 49.8. The maximum absolute atomic E-state index is 12.5. The Bertz CT molecular complexity index is 2880. The zero-order chi connectivity index (χ0) is 43.4. The van der Waals surface area contributed by atoms with E-state index in [0.717, 1.165) is 78.0 Å². The highest BCUT2D eigenvalue weighted by atomic mass is 16.3. The van der Waals surface area contributed by atoms with Crippen LogP contribution >= 0.6 is 0 Å². The van der Waals surface area contributed by atoms with Crippen LogP contribution in [0.3, 0.4) is 0 Å². The number of fused-ring (bicyclic) bond motifs is 1. The van der Waals surface area contributed by atoms with Gasteiger partial charge in [0.2, 0.25) is 0 Å². The molecule has 4 heteroatoms. The lowest BCUT2D eigenvalue weighted by atomic mass is 9.79. The van der Waals surface area contributed by atoms with Crippen molar-refractivity contribution in [3.8, 4) is 67.5 Å². The second kappa shape index (κ2) is 15.6. The second-order valence-electron chi connectivity index (χ2n) is 20.0. The smallest absolute Gasteiger partial charge is 0.149 e. The largest absolute Gasteiger partial charge is 0.507 e. The van der Waals surface area contributed by atoms with E-state index in [9.17, 15) is 5.11 Å². The van der Waals surface area contributed by atoms with E-state index < -0.39 is 0 Å². The summed E-state index contributed by atoms with van der Waals surface area (Å²) in [5, 5.41) is 12.5. The van der Waals surface area contributed by atoms with E-state index in [4.69, 9.17) is 9.97 Å². The molecule has 2 aromatic heterocycles. The fourth-order valence-electron chi connectivity index (χ4n) is 8.44. The zero-order valence-electron chi connectivity index (χ0n) is 37.7. The number of aromatic hydroxyl groups is 1. The van der Waals surface area contributed by atoms with E-state index in [1.54, 1.807) is 0 Å². The van der Waals surface area contributed by atoms with Crippen molar-refractivity contribution in [2.45, 2.75) is 98.3 Å². The molecule has 0 aliphatic heterocycles. The average molecular weight is 802 g/mol. The van der Waals surface area contributed by atoms with Crippen LogP contribution in [0.25, 0.3) is 72.7 Å². The van der Waals surface area contributed by atoms with Gasteiger partial charge >= 0.3 is 0 Å². The fourth-order valence-corrected chi connectivity index (χ4v) is 8.44. The topological polar surface area (TPSA) is 50.9 Å². The van der Waals surface area contributed by atoms with Gasteiger partial charge in [-0.05, 0) is 97.5 Å². The predicted octanol–water partition coefficient (Wildman–Crippen LogP) is 15.5. The van der Waals surface area contributed by atoms with E-state index >= 15 is 0 Å². The average Bonchev–Trinajstić information content (AvgIpc) is 3.62. The van der Waals surface area contributed by atoms with Gasteiger partial charge in [0.25, 0.3) is 0 Å². The number of hydrogen-bond donors (Lipinski definition) is 1. The van der Waals surface area contributed by atoms with Gasteiger partial charge in [0, 0.05) is 28.5 Å².